The van der Waals surface area contributed by atoms with Crippen LogP contribution in [0.25, 0.3) is 10.2 Å². The van der Waals surface area contributed by atoms with Gasteiger partial charge in [-0.1, -0.05) is 30.4 Å². The van der Waals surface area contributed by atoms with Crippen LogP contribution < -0.4 is 5.32 Å². The van der Waals surface area contributed by atoms with E-state index in [0.29, 0.717) is 11.0 Å². The number of aromatic nitrogens is 1. The van der Waals surface area contributed by atoms with Crippen LogP contribution >= 0.6 is 11.3 Å². The van der Waals surface area contributed by atoms with Gasteiger partial charge in [-0.3, -0.25) is 4.79 Å². The zero-order chi connectivity index (χ0) is 11.1. The maximum absolute atomic E-state index is 11.7. The van der Waals surface area contributed by atoms with Crippen molar-refractivity contribution in [1.82, 2.24) is 4.98 Å². The fourth-order valence-electron chi connectivity index (χ4n) is 1.81. The van der Waals surface area contributed by atoms with Gasteiger partial charge in [-0.2, -0.15) is 0 Å². The van der Waals surface area contributed by atoms with Crippen molar-refractivity contribution < 1.29 is 4.79 Å². The highest BCUT2D eigenvalue weighted by Crippen LogP contribution is 2.39. The largest absolute Gasteiger partial charge is 0.302 e. The van der Waals surface area contributed by atoms with Gasteiger partial charge in [0.15, 0.2) is 5.13 Å². The molecule has 0 bridgehead atoms. The summed E-state index contributed by atoms with van der Waals surface area (Å²) >= 11 is 1.53. The molecule has 1 aliphatic carbocycles. The summed E-state index contributed by atoms with van der Waals surface area (Å²) in [4.78, 5) is 16.1. The second-order valence-corrected chi connectivity index (χ2v) is 5.33. The lowest BCUT2D eigenvalue weighted by atomic mass is 10.3. The highest BCUT2D eigenvalue weighted by molar-refractivity contribution is 7.22. The number of thiazole rings is 1. The zero-order valence-electron chi connectivity index (χ0n) is 8.93. The number of fused-ring (bicyclic) bond motifs is 1. The summed E-state index contributed by atoms with van der Waals surface area (Å²) in [6, 6.07) is 7.91. The Bertz CT molecular complexity index is 516. The molecule has 2 aromatic rings. The van der Waals surface area contributed by atoms with Crippen LogP contribution in [-0.4, -0.2) is 10.9 Å². The van der Waals surface area contributed by atoms with Gasteiger partial charge in [0, 0.05) is 5.92 Å². The number of hydrogen-bond donors (Lipinski definition) is 1. The number of amides is 1. The fourth-order valence-corrected chi connectivity index (χ4v) is 2.68. The van der Waals surface area contributed by atoms with E-state index >= 15 is 0 Å². The Labute approximate surface area is 97.5 Å². The van der Waals surface area contributed by atoms with Crippen molar-refractivity contribution in [3.05, 3.63) is 24.3 Å². The Hall–Kier alpha value is -1.42. The van der Waals surface area contributed by atoms with Crippen molar-refractivity contribution in [3.8, 4) is 0 Å². The summed E-state index contributed by atoms with van der Waals surface area (Å²) < 4.78 is 1.11. The fraction of sp³-hybridized carbons (Fsp3) is 0.333. The molecule has 1 aliphatic rings. The molecule has 1 N–H and O–H groups in total. The van der Waals surface area contributed by atoms with Crippen molar-refractivity contribution in [3.63, 3.8) is 0 Å². The van der Waals surface area contributed by atoms with E-state index in [1.165, 1.54) is 11.3 Å². The summed E-state index contributed by atoms with van der Waals surface area (Å²) in [6.45, 7) is 2.10. The number of benzene rings is 1. The lowest BCUT2D eigenvalue weighted by Crippen LogP contribution is -2.14. The Kier molecular flexibility index (Phi) is 2.17. The highest BCUT2D eigenvalue weighted by Gasteiger charge is 2.39. The number of nitrogens with one attached hydrogen (secondary N) is 1. The van der Waals surface area contributed by atoms with Gasteiger partial charge >= 0.3 is 0 Å². The minimum absolute atomic E-state index is 0.117. The molecule has 3 nitrogen and oxygen atoms in total. The van der Waals surface area contributed by atoms with Gasteiger partial charge in [0.05, 0.1) is 10.2 Å². The first-order valence-electron chi connectivity index (χ1n) is 5.40. The van der Waals surface area contributed by atoms with E-state index in [4.69, 9.17) is 0 Å². The first-order valence-corrected chi connectivity index (χ1v) is 6.22. The average molecular weight is 232 g/mol. The van der Waals surface area contributed by atoms with Gasteiger partial charge in [-0.25, -0.2) is 4.98 Å². The van der Waals surface area contributed by atoms with E-state index in [2.05, 4.69) is 17.2 Å². The molecule has 16 heavy (non-hydrogen) atoms. The monoisotopic (exact) mass is 232 g/mol. The van der Waals surface area contributed by atoms with Crippen LogP contribution in [0.2, 0.25) is 0 Å². The third-order valence-corrected chi connectivity index (χ3v) is 3.92. The van der Waals surface area contributed by atoms with E-state index in [1.807, 2.05) is 24.3 Å². The number of carbonyl (C=O) groups is 1. The highest BCUT2D eigenvalue weighted by atomic mass is 32.1. The third-order valence-electron chi connectivity index (χ3n) is 2.97. The number of carbonyl (C=O) groups excluding carboxylic acids is 1. The zero-order valence-corrected chi connectivity index (χ0v) is 9.75. The molecular weight excluding hydrogens is 220 g/mol. The van der Waals surface area contributed by atoms with Crippen LogP contribution in [0.4, 0.5) is 5.13 Å². The molecule has 0 spiro atoms. The summed E-state index contributed by atoms with van der Waals surface area (Å²) in [5.74, 6) is 0.855. The van der Waals surface area contributed by atoms with Gasteiger partial charge < -0.3 is 5.32 Å². The SMILES string of the molecule is C[C@H]1C[C@H]1C(=O)Nc1nc2ccccc2s1. The molecule has 1 amide bonds. The molecule has 0 unspecified atom stereocenters. The van der Waals surface area contributed by atoms with Crippen molar-refractivity contribution in [1.29, 1.82) is 0 Å². The Morgan fingerprint density at radius 3 is 2.94 bits per heavy atom. The van der Waals surface area contributed by atoms with Gasteiger partial charge in [0.25, 0.3) is 0 Å². The number of anilines is 1. The molecule has 4 heteroatoms. The summed E-state index contributed by atoms with van der Waals surface area (Å²) in [6.07, 6.45) is 1.01. The Morgan fingerprint density at radius 2 is 2.25 bits per heavy atom. The molecule has 1 heterocycles. The van der Waals surface area contributed by atoms with Crippen LogP contribution in [0.15, 0.2) is 24.3 Å². The predicted molar refractivity (Wildman–Crippen MR) is 65.5 cm³/mol. The number of nitrogens with zero attached hydrogens (tertiary/aromatic N) is 1. The number of rotatable bonds is 2. The average Bonchev–Trinajstić information content (AvgIpc) is 2.87. The molecule has 0 saturated heterocycles. The first kappa shape index (κ1) is 9.78. The topological polar surface area (TPSA) is 42.0 Å². The summed E-state index contributed by atoms with van der Waals surface area (Å²) in [7, 11) is 0. The normalized spacial score (nSPS) is 23.3. The summed E-state index contributed by atoms with van der Waals surface area (Å²) in [5, 5.41) is 3.61. The van der Waals surface area contributed by atoms with Crippen LogP contribution in [0.1, 0.15) is 13.3 Å². The molecule has 1 fully saturated rings. The van der Waals surface area contributed by atoms with Crippen molar-refractivity contribution >= 4 is 32.6 Å². The molecule has 2 atom stereocenters. The van der Waals surface area contributed by atoms with Gasteiger partial charge in [-0.15, -0.1) is 0 Å². The number of hydrogen-bond acceptors (Lipinski definition) is 3. The number of para-hydroxylation sites is 1. The maximum Gasteiger partial charge on any atom is 0.229 e. The second-order valence-electron chi connectivity index (χ2n) is 4.30. The molecular formula is C12H12N2OS. The maximum atomic E-state index is 11.7. The van der Waals surface area contributed by atoms with E-state index in [0.717, 1.165) is 16.6 Å². The van der Waals surface area contributed by atoms with Crippen LogP contribution in [-0.2, 0) is 4.79 Å². The second kappa shape index (κ2) is 3.56. The van der Waals surface area contributed by atoms with E-state index in [-0.39, 0.29) is 11.8 Å². The lowest BCUT2D eigenvalue weighted by molar-refractivity contribution is -0.117. The van der Waals surface area contributed by atoms with E-state index < -0.39 is 0 Å². The minimum Gasteiger partial charge on any atom is -0.302 e. The quantitative estimate of drug-likeness (QED) is 0.865. The van der Waals surface area contributed by atoms with Crippen LogP contribution in [0.3, 0.4) is 0 Å². The molecule has 3 rings (SSSR count). The third kappa shape index (κ3) is 1.69. The van der Waals surface area contributed by atoms with Crippen molar-refractivity contribution in [2.75, 3.05) is 5.32 Å². The molecule has 0 radical (unpaired) electrons. The van der Waals surface area contributed by atoms with Crippen molar-refractivity contribution in [2.24, 2.45) is 11.8 Å². The van der Waals surface area contributed by atoms with E-state index in [1.54, 1.807) is 0 Å². The van der Waals surface area contributed by atoms with Crippen molar-refractivity contribution in [2.45, 2.75) is 13.3 Å². The van der Waals surface area contributed by atoms with E-state index in [9.17, 15) is 4.79 Å². The Morgan fingerprint density at radius 1 is 1.50 bits per heavy atom. The molecule has 82 valence electrons. The smallest absolute Gasteiger partial charge is 0.229 e. The predicted octanol–water partition coefficient (Wildman–Crippen LogP) is 2.89. The molecule has 0 aliphatic heterocycles. The van der Waals surface area contributed by atoms with Crippen LogP contribution in [0.5, 0.6) is 0 Å². The molecule has 1 saturated carbocycles. The van der Waals surface area contributed by atoms with Gasteiger partial charge in [0.1, 0.15) is 0 Å². The van der Waals surface area contributed by atoms with Gasteiger partial charge in [-0.05, 0) is 24.5 Å². The van der Waals surface area contributed by atoms with Gasteiger partial charge in [0.2, 0.25) is 5.91 Å². The Balaban J connectivity index is 1.81. The van der Waals surface area contributed by atoms with Crippen LogP contribution in [0, 0.1) is 11.8 Å². The first-order chi connectivity index (χ1) is 7.74. The summed E-state index contributed by atoms with van der Waals surface area (Å²) in [5.41, 5.74) is 0.951. The minimum atomic E-state index is 0.117. The molecule has 1 aromatic heterocycles. The lowest BCUT2D eigenvalue weighted by Gasteiger charge is -1.97. The standard InChI is InChI=1S/C12H12N2OS/c1-7-6-8(7)11(15)14-12-13-9-4-2-3-5-10(9)16-12/h2-5,7-8H,6H2,1H3,(H,13,14,15)/t7-,8+/m0/s1. The molecule has 1 aromatic carbocycles.